The molecular weight excluding hydrogens is 188 g/mol. The zero-order valence-corrected chi connectivity index (χ0v) is 9.48. The van der Waals surface area contributed by atoms with E-state index in [2.05, 4.69) is 18.4 Å². The van der Waals surface area contributed by atoms with Crippen molar-refractivity contribution in [3.63, 3.8) is 0 Å². The van der Waals surface area contributed by atoms with Gasteiger partial charge in [0.15, 0.2) is 0 Å². The summed E-state index contributed by atoms with van der Waals surface area (Å²) in [5.74, 6) is 0.106. The van der Waals surface area contributed by atoms with Crippen LogP contribution in [-0.4, -0.2) is 47.4 Å². The molecular formula is C12H20N2O. The van der Waals surface area contributed by atoms with E-state index >= 15 is 0 Å². The molecule has 0 aromatic heterocycles. The Morgan fingerprint density at radius 1 is 1.53 bits per heavy atom. The molecule has 1 amide bonds. The predicted octanol–water partition coefficient (Wildman–Crippen LogP) is 1.26. The maximum absolute atomic E-state index is 11.5. The van der Waals surface area contributed by atoms with Crippen molar-refractivity contribution in [2.45, 2.75) is 38.3 Å². The molecule has 15 heavy (non-hydrogen) atoms. The molecule has 2 aliphatic heterocycles. The summed E-state index contributed by atoms with van der Waals surface area (Å²) >= 11 is 0. The molecule has 3 heteroatoms. The van der Waals surface area contributed by atoms with Gasteiger partial charge in [-0.3, -0.25) is 9.69 Å². The molecule has 0 radical (unpaired) electrons. The Balaban J connectivity index is 1.95. The zero-order chi connectivity index (χ0) is 10.8. The monoisotopic (exact) mass is 208 g/mol. The second kappa shape index (κ2) is 4.35. The Labute approximate surface area is 91.7 Å². The van der Waals surface area contributed by atoms with Gasteiger partial charge in [-0.2, -0.15) is 0 Å². The van der Waals surface area contributed by atoms with E-state index in [0.29, 0.717) is 12.1 Å². The summed E-state index contributed by atoms with van der Waals surface area (Å²) in [6.07, 6.45) is 5.04. The highest BCUT2D eigenvalue weighted by Gasteiger charge is 2.45. The van der Waals surface area contributed by atoms with Crippen molar-refractivity contribution in [3.05, 3.63) is 12.7 Å². The van der Waals surface area contributed by atoms with Crippen molar-refractivity contribution >= 4 is 5.91 Å². The lowest BCUT2D eigenvalue weighted by Crippen LogP contribution is -2.70. The summed E-state index contributed by atoms with van der Waals surface area (Å²) in [6.45, 7) is 9.07. The van der Waals surface area contributed by atoms with Crippen LogP contribution in [0, 0.1) is 0 Å². The van der Waals surface area contributed by atoms with Gasteiger partial charge in [-0.15, -0.1) is 0 Å². The van der Waals surface area contributed by atoms with Crippen molar-refractivity contribution in [1.82, 2.24) is 9.80 Å². The van der Waals surface area contributed by atoms with Crippen molar-refractivity contribution in [3.8, 4) is 0 Å². The molecule has 2 heterocycles. The Hall–Kier alpha value is -0.830. The van der Waals surface area contributed by atoms with Crippen LogP contribution in [0.1, 0.15) is 26.2 Å². The number of fused-ring (bicyclic) bond motifs is 1. The van der Waals surface area contributed by atoms with E-state index in [-0.39, 0.29) is 5.91 Å². The standard InChI is InChI=1S/C12H20N2O/c1-3-7-13-8-5-6-10-11(13)9-14(10)12(15)4-2/h4,10-11H,2-3,5-9H2,1H3. The molecule has 0 saturated carbocycles. The first-order valence-electron chi connectivity index (χ1n) is 5.95. The molecule has 2 fully saturated rings. The SMILES string of the molecule is C=CC(=O)N1CC2C1CCCN2CCC. The molecule has 0 bridgehead atoms. The highest BCUT2D eigenvalue weighted by Crippen LogP contribution is 2.31. The number of piperidine rings is 1. The van der Waals surface area contributed by atoms with Crippen molar-refractivity contribution in [1.29, 1.82) is 0 Å². The third kappa shape index (κ3) is 1.81. The van der Waals surface area contributed by atoms with Gasteiger partial charge in [0.25, 0.3) is 0 Å². The minimum absolute atomic E-state index is 0.106. The quantitative estimate of drug-likeness (QED) is 0.652. The fourth-order valence-electron chi connectivity index (χ4n) is 2.84. The van der Waals surface area contributed by atoms with E-state index in [1.807, 2.05) is 4.90 Å². The first-order chi connectivity index (χ1) is 7.27. The van der Waals surface area contributed by atoms with Gasteiger partial charge in [-0.05, 0) is 38.4 Å². The van der Waals surface area contributed by atoms with Crippen LogP contribution in [-0.2, 0) is 4.79 Å². The van der Waals surface area contributed by atoms with Crippen molar-refractivity contribution in [2.75, 3.05) is 19.6 Å². The first-order valence-corrected chi connectivity index (χ1v) is 5.95. The predicted molar refractivity (Wildman–Crippen MR) is 60.6 cm³/mol. The Bertz CT molecular complexity index is 262. The molecule has 2 rings (SSSR count). The summed E-state index contributed by atoms with van der Waals surface area (Å²) < 4.78 is 0. The Morgan fingerprint density at radius 2 is 2.33 bits per heavy atom. The van der Waals surface area contributed by atoms with Crippen LogP contribution in [0.25, 0.3) is 0 Å². The number of rotatable bonds is 3. The van der Waals surface area contributed by atoms with Gasteiger partial charge in [0.2, 0.25) is 5.91 Å². The lowest BCUT2D eigenvalue weighted by molar-refractivity contribution is -0.143. The van der Waals surface area contributed by atoms with E-state index in [1.54, 1.807) is 0 Å². The summed E-state index contributed by atoms with van der Waals surface area (Å²) in [5.41, 5.74) is 0. The third-order valence-electron chi connectivity index (χ3n) is 3.61. The van der Waals surface area contributed by atoms with Crippen LogP contribution < -0.4 is 0 Å². The molecule has 2 atom stereocenters. The average Bonchev–Trinajstić information content (AvgIpc) is 2.21. The van der Waals surface area contributed by atoms with Crippen LogP contribution in [0.2, 0.25) is 0 Å². The summed E-state index contributed by atoms with van der Waals surface area (Å²) in [4.78, 5) is 16.0. The summed E-state index contributed by atoms with van der Waals surface area (Å²) in [7, 11) is 0. The molecule has 0 aliphatic carbocycles. The van der Waals surface area contributed by atoms with Crippen LogP contribution in [0.15, 0.2) is 12.7 Å². The maximum atomic E-state index is 11.5. The van der Waals surface area contributed by atoms with E-state index in [1.165, 1.54) is 38.4 Å². The molecule has 0 aromatic carbocycles. The smallest absolute Gasteiger partial charge is 0.246 e. The molecule has 2 aliphatic rings. The maximum Gasteiger partial charge on any atom is 0.246 e. The van der Waals surface area contributed by atoms with E-state index in [0.717, 1.165) is 6.54 Å². The van der Waals surface area contributed by atoms with E-state index in [4.69, 9.17) is 0 Å². The molecule has 2 unspecified atom stereocenters. The van der Waals surface area contributed by atoms with Gasteiger partial charge in [0.05, 0.1) is 0 Å². The highest BCUT2D eigenvalue weighted by atomic mass is 16.2. The summed E-state index contributed by atoms with van der Waals surface area (Å²) in [5, 5.41) is 0. The topological polar surface area (TPSA) is 23.6 Å². The number of likely N-dealkylation sites (tertiary alicyclic amines) is 2. The average molecular weight is 208 g/mol. The number of carbonyl (C=O) groups excluding carboxylic acids is 1. The Kier molecular flexibility index (Phi) is 3.10. The van der Waals surface area contributed by atoms with Gasteiger partial charge in [0.1, 0.15) is 0 Å². The number of nitrogens with zero attached hydrogens (tertiary/aromatic N) is 2. The molecule has 0 N–H and O–H groups in total. The van der Waals surface area contributed by atoms with Crippen molar-refractivity contribution in [2.24, 2.45) is 0 Å². The lowest BCUT2D eigenvalue weighted by atomic mass is 9.86. The van der Waals surface area contributed by atoms with Crippen LogP contribution >= 0.6 is 0 Å². The highest BCUT2D eigenvalue weighted by molar-refractivity contribution is 5.88. The van der Waals surface area contributed by atoms with E-state index < -0.39 is 0 Å². The zero-order valence-electron chi connectivity index (χ0n) is 9.48. The minimum atomic E-state index is 0.106. The van der Waals surface area contributed by atoms with Gasteiger partial charge >= 0.3 is 0 Å². The fraction of sp³-hybridized carbons (Fsp3) is 0.750. The van der Waals surface area contributed by atoms with Crippen LogP contribution in [0.3, 0.4) is 0 Å². The van der Waals surface area contributed by atoms with Crippen LogP contribution in [0.5, 0.6) is 0 Å². The first kappa shape index (κ1) is 10.7. The minimum Gasteiger partial charge on any atom is -0.333 e. The second-order valence-electron chi connectivity index (χ2n) is 4.51. The number of amides is 1. The van der Waals surface area contributed by atoms with E-state index in [9.17, 15) is 4.79 Å². The third-order valence-corrected chi connectivity index (χ3v) is 3.61. The Morgan fingerprint density at radius 3 is 3.00 bits per heavy atom. The van der Waals surface area contributed by atoms with Gasteiger partial charge in [-0.1, -0.05) is 13.5 Å². The van der Waals surface area contributed by atoms with Gasteiger partial charge in [0, 0.05) is 18.6 Å². The second-order valence-corrected chi connectivity index (χ2v) is 4.51. The molecule has 0 spiro atoms. The summed E-state index contributed by atoms with van der Waals surface area (Å²) in [6, 6.07) is 1.10. The lowest BCUT2D eigenvalue weighted by Gasteiger charge is -2.55. The van der Waals surface area contributed by atoms with Crippen molar-refractivity contribution < 1.29 is 4.79 Å². The molecule has 3 nitrogen and oxygen atoms in total. The number of hydrogen-bond acceptors (Lipinski definition) is 2. The largest absolute Gasteiger partial charge is 0.333 e. The number of carbonyl (C=O) groups is 1. The molecule has 84 valence electrons. The number of hydrogen-bond donors (Lipinski definition) is 0. The molecule has 2 saturated heterocycles. The van der Waals surface area contributed by atoms with Gasteiger partial charge < -0.3 is 4.90 Å². The molecule has 0 aromatic rings. The van der Waals surface area contributed by atoms with Gasteiger partial charge in [-0.25, -0.2) is 0 Å². The van der Waals surface area contributed by atoms with Crippen LogP contribution in [0.4, 0.5) is 0 Å². The fourth-order valence-corrected chi connectivity index (χ4v) is 2.84. The normalized spacial score (nSPS) is 30.6.